The molecule has 0 aliphatic rings. The first-order chi connectivity index (χ1) is 32.2. The molecular formula is C61H113NO3. The second kappa shape index (κ2) is 56.4. The van der Waals surface area contributed by atoms with Crippen molar-refractivity contribution in [2.45, 2.75) is 315 Å². The second-order valence-electron chi connectivity index (χ2n) is 19.7. The molecule has 0 aromatic carbocycles. The van der Waals surface area contributed by atoms with Crippen LogP contribution in [0, 0.1) is 0 Å². The lowest BCUT2D eigenvalue weighted by atomic mass is 10.0. The maximum atomic E-state index is 12.5. The van der Waals surface area contributed by atoms with Gasteiger partial charge < -0.3 is 15.5 Å². The minimum atomic E-state index is -0.667. The van der Waals surface area contributed by atoms with E-state index in [1.807, 2.05) is 0 Å². The van der Waals surface area contributed by atoms with Crippen LogP contribution in [-0.2, 0) is 4.79 Å². The first-order valence-electron chi connectivity index (χ1n) is 29.0. The number of carbonyl (C=O) groups is 1. The van der Waals surface area contributed by atoms with E-state index < -0.39 is 12.1 Å². The summed E-state index contributed by atoms with van der Waals surface area (Å²) in [7, 11) is 0. The molecule has 0 aliphatic carbocycles. The highest BCUT2D eigenvalue weighted by Crippen LogP contribution is 2.18. The van der Waals surface area contributed by atoms with Gasteiger partial charge in [-0.1, -0.05) is 299 Å². The fourth-order valence-electron chi connectivity index (χ4n) is 8.92. The van der Waals surface area contributed by atoms with E-state index in [4.69, 9.17) is 0 Å². The summed E-state index contributed by atoms with van der Waals surface area (Å²) in [6.07, 6.45) is 79.3. The Hall–Kier alpha value is -1.91. The van der Waals surface area contributed by atoms with Gasteiger partial charge in [0.05, 0.1) is 18.8 Å². The van der Waals surface area contributed by atoms with Gasteiger partial charge in [0.15, 0.2) is 0 Å². The Bertz CT molecular complexity index is 1070. The molecule has 0 aromatic heterocycles. The number of hydrogen-bond donors (Lipinski definition) is 3. The van der Waals surface area contributed by atoms with Crippen LogP contribution in [0.3, 0.4) is 0 Å². The minimum absolute atomic E-state index is 0.0361. The van der Waals surface area contributed by atoms with Gasteiger partial charge in [0.2, 0.25) is 5.91 Å². The van der Waals surface area contributed by atoms with Crippen LogP contribution in [0.1, 0.15) is 303 Å². The molecule has 1 amide bonds. The van der Waals surface area contributed by atoms with E-state index in [9.17, 15) is 15.0 Å². The highest BCUT2D eigenvalue weighted by atomic mass is 16.3. The van der Waals surface area contributed by atoms with Gasteiger partial charge in [-0.2, -0.15) is 0 Å². The summed E-state index contributed by atoms with van der Waals surface area (Å²) < 4.78 is 0. The molecule has 0 radical (unpaired) electrons. The lowest BCUT2D eigenvalue weighted by molar-refractivity contribution is -0.123. The zero-order chi connectivity index (χ0) is 47.0. The first kappa shape index (κ1) is 63.1. The second-order valence-corrected chi connectivity index (χ2v) is 19.7. The van der Waals surface area contributed by atoms with Crippen molar-refractivity contribution < 1.29 is 15.0 Å². The van der Waals surface area contributed by atoms with Crippen LogP contribution < -0.4 is 5.32 Å². The fourth-order valence-corrected chi connectivity index (χ4v) is 8.92. The summed E-state index contributed by atoms with van der Waals surface area (Å²) in [6.45, 7) is 4.27. The number of aliphatic hydroxyl groups is 2. The normalized spacial score (nSPS) is 13.2. The molecular weight excluding hydrogens is 795 g/mol. The zero-order valence-corrected chi connectivity index (χ0v) is 43.8. The number of allylic oxidation sites excluding steroid dienone is 10. The van der Waals surface area contributed by atoms with Crippen LogP contribution in [0.25, 0.3) is 0 Å². The standard InChI is InChI=1S/C61H113NO3/c1-3-5-7-9-11-13-15-17-19-21-23-25-27-29-30-31-33-34-36-38-40-42-44-46-48-50-52-54-56-60(64)59(58-63)62-61(65)57-55-53-51-49-47-45-43-41-39-37-35-32-28-26-24-22-20-18-16-14-12-10-8-6-4-2/h6,8,12,14,18,20,24,26,32,35,59-60,63-64H,3-5,7,9-11,13,15-17,19,21-23,25,27-31,33-34,36-58H2,1-2H3,(H,62,65)/b8-6-,14-12-,20-18-,26-24-,35-32-. The van der Waals surface area contributed by atoms with E-state index in [0.717, 1.165) is 57.8 Å². The van der Waals surface area contributed by atoms with E-state index in [1.54, 1.807) is 0 Å². The van der Waals surface area contributed by atoms with E-state index in [1.165, 1.54) is 218 Å². The quantitative estimate of drug-likeness (QED) is 0.0421. The van der Waals surface area contributed by atoms with Gasteiger partial charge in [0.25, 0.3) is 0 Å². The van der Waals surface area contributed by atoms with Crippen molar-refractivity contribution in [3.8, 4) is 0 Å². The molecule has 2 atom stereocenters. The molecule has 0 rings (SSSR count). The summed E-state index contributed by atoms with van der Waals surface area (Å²) in [6, 6.07) is -0.544. The van der Waals surface area contributed by atoms with Crippen LogP contribution >= 0.6 is 0 Å². The van der Waals surface area contributed by atoms with Gasteiger partial charge >= 0.3 is 0 Å². The van der Waals surface area contributed by atoms with Crippen LogP contribution in [-0.4, -0.2) is 34.9 Å². The molecule has 380 valence electrons. The van der Waals surface area contributed by atoms with E-state index >= 15 is 0 Å². The summed E-state index contributed by atoms with van der Waals surface area (Å²) in [5.74, 6) is -0.0361. The predicted molar refractivity (Wildman–Crippen MR) is 290 cm³/mol. The molecule has 0 fully saturated rings. The zero-order valence-electron chi connectivity index (χ0n) is 43.8. The molecule has 3 N–H and O–H groups in total. The third kappa shape index (κ3) is 52.9. The van der Waals surface area contributed by atoms with Gasteiger partial charge in [-0.3, -0.25) is 4.79 Å². The average molecular weight is 909 g/mol. The largest absolute Gasteiger partial charge is 0.394 e. The molecule has 2 unspecified atom stereocenters. The number of hydrogen-bond acceptors (Lipinski definition) is 3. The van der Waals surface area contributed by atoms with E-state index in [2.05, 4.69) is 79.9 Å². The molecule has 0 aliphatic heterocycles. The summed E-state index contributed by atoms with van der Waals surface area (Å²) in [4.78, 5) is 12.5. The molecule has 4 heteroatoms. The maximum absolute atomic E-state index is 12.5. The van der Waals surface area contributed by atoms with Crippen molar-refractivity contribution in [2.24, 2.45) is 0 Å². The maximum Gasteiger partial charge on any atom is 0.220 e. The van der Waals surface area contributed by atoms with Crippen molar-refractivity contribution >= 4 is 5.91 Å². The number of unbranched alkanes of at least 4 members (excludes halogenated alkanes) is 36. The number of aliphatic hydroxyl groups excluding tert-OH is 2. The average Bonchev–Trinajstić information content (AvgIpc) is 3.31. The molecule has 0 bridgehead atoms. The Morgan fingerprint density at radius 1 is 0.385 bits per heavy atom. The Morgan fingerprint density at radius 3 is 1.02 bits per heavy atom. The topological polar surface area (TPSA) is 69.6 Å². The lowest BCUT2D eigenvalue weighted by Gasteiger charge is -2.22. The van der Waals surface area contributed by atoms with Crippen LogP contribution in [0.4, 0.5) is 0 Å². The number of nitrogens with one attached hydrogen (secondary N) is 1. The SMILES string of the molecule is CC/C=C\C/C=C\C/C=C\C/C=C\C/C=C\CCCCCCCCCCCC(=O)NC(CO)C(O)CCCCCCCCCCCCCCCCCCCCCCCCCCCCCC. The van der Waals surface area contributed by atoms with Gasteiger partial charge in [-0.25, -0.2) is 0 Å². The highest BCUT2D eigenvalue weighted by molar-refractivity contribution is 5.76. The number of rotatable bonds is 53. The van der Waals surface area contributed by atoms with E-state index in [0.29, 0.717) is 12.8 Å². The number of carbonyl (C=O) groups excluding carboxylic acids is 1. The minimum Gasteiger partial charge on any atom is -0.394 e. The van der Waals surface area contributed by atoms with Crippen LogP contribution in [0.15, 0.2) is 60.8 Å². The van der Waals surface area contributed by atoms with Crippen molar-refractivity contribution in [1.82, 2.24) is 5.32 Å². The molecule has 4 nitrogen and oxygen atoms in total. The molecule has 0 aromatic rings. The fraction of sp³-hybridized carbons (Fsp3) is 0.820. The van der Waals surface area contributed by atoms with Crippen molar-refractivity contribution in [1.29, 1.82) is 0 Å². The van der Waals surface area contributed by atoms with Gasteiger partial charge in [-0.05, 0) is 57.8 Å². The van der Waals surface area contributed by atoms with Crippen LogP contribution in [0.2, 0.25) is 0 Å². The summed E-state index contributed by atoms with van der Waals surface area (Å²) in [5, 5.41) is 23.4. The van der Waals surface area contributed by atoms with Gasteiger partial charge in [0.1, 0.15) is 0 Å². The first-order valence-corrected chi connectivity index (χ1v) is 29.0. The van der Waals surface area contributed by atoms with Crippen molar-refractivity contribution in [2.75, 3.05) is 6.61 Å². The molecule has 0 heterocycles. The van der Waals surface area contributed by atoms with Gasteiger partial charge in [0, 0.05) is 6.42 Å². The Labute approximate surface area is 406 Å². The van der Waals surface area contributed by atoms with Crippen molar-refractivity contribution in [3.05, 3.63) is 60.8 Å². The Balaban J connectivity index is 3.47. The molecule has 0 saturated carbocycles. The number of amides is 1. The lowest BCUT2D eigenvalue weighted by Crippen LogP contribution is -2.45. The highest BCUT2D eigenvalue weighted by Gasteiger charge is 2.20. The third-order valence-electron chi connectivity index (χ3n) is 13.3. The smallest absolute Gasteiger partial charge is 0.220 e. The monoisotopic (exact) mass is 908 g/mol. The molecule has 0 spiro atoms. The molecule has 65 heavy (non-hydrogen) atoms. The molecule has 0 saturated heterocycles. The van der Waals surface area contributed by atoms with E-state index in [-0.39, 0.29) is 12.5 Å². The predicted octanol–water partition coefficient (Wildman–Crippen LogP) is 19.2. The summed E-state index contributed by atoms with van der Waals surface area (Å²) >= 11 is 0. The Kier molecular flexibility index (Phi) is 54.8. The third-order valence-corrected chi connectivity index (χ3v) is 13.3. The van der Waals surface area contributed by atoms with Crippen molar-refractivity contribution in [3.63, 3.8) is 0 Å². The van der Waals surface area contributed by atoms with Crippen LogP contribution in [0.5, 0.6) is 0 Å². The Morgan fingerprint density at radius 2 is 0.677 bits per heavy atom. The summed E-state index contributed by atoms with van der Waals surface area (Å²) in [5.41, 5.74) is 0. The van der Waals surface area contributed by atoms with Gasteiger partial charge in [-0.15, -0.1) is 0 Å².